The van der Waals surface area contributed by atoms with Gasteiger partial charge in [0.1, 0.15) is 17.0 Å². The summed E-state index contributed by atoms with van der Waals surface area (Å²) in [6.07, 6.45) is 1.65. The maximum atomic E-state index is 5.45. The smallest absolute Gasteiger partial charge is 0.230 e. The van der Waals surface area contributed by atoms with Crippen LogP contribution in [0.2, 0.25) is 0 Å². The Balaban J connectivity index is 1.44. The quantitative estimate of drug-likeness (QED) is 0.728. The minimum absolute atomic E-state index is 0.620. The first-order valence-electron chi connectivity index (χ1n) is 7.24. The van der Waals surface area contributed by atoms with Crippen LogP contribution in [0.4, 0.5) is 5.82 Å². The van der Waals surface area contributed by atoms with E-state index in [4.69, 9.17) is 4.42 Å². The lowest BCUT2D eigenvalue weighted by atomic mass is 10.2. The molecule has 1 aliphatic rings. The Labute approximate surface area is 131 Å². The van der Waals surface area contributed by atoms with Crippen LogP contribution in [0.1, 0.15) is 11.8 Å². The van der Waals surface area contributed by atoms with Gasteiger partial charge in [-0.05, 0) is 11.4 Å². The summed E-state index contributed by atoms with van der Waals surface area (Å²) in [6, 6.07) is 2.10. The van der Waals surface area contributed by atoms with Gasteiger partial charge in [0.25, 0.3) is 0 Å². The topological polar surface area (TPSA) is 71.2 Å². The molecule has 0 amide bonds. The molecule has 3 aromatic rings. The lowest BCUT2D eigenvalue weighted by Gasteiger charge is -2.34. The normalized spacial score (nSPS) is 16.5. The Hall–Kier alpha value is -2.06. The van der Waals surface area contributed by atoms with Gasteiger partial charge in [-0.2, -0.15) is 0 Å². The number of rotatable bonds is 3. The Morgan fingerprint density at radius 1 is 1.18 bits per heavy atom. The van der Waals surface area contributed by atoms with Gasteiger partial charge in [-0.25, -0.2) is 9.97 Å². The molecule has 0 atom stereocenters. The van der Waals surface area contributed by atoms with Crippen molar-refractivity contribution in [3.63, 3.8) is 0 Å². The van der Waals surface area contributed by atoms with Crippen LogP contribution in [-0.4, -0.2) is 51.2 Å². The molecule has 0 spiro atoms. The molecule has 0 aromatic carbocycles. The minimum Gasteiger partial charge on any atom is -0.424 e. The van der Waals surface area contributed by atoms with Crippen molar-refractivity contribution >= 4 is 27.4 Å². The fraction of sp³-hybridized carbons (Fsp3) is 0.429. The summed E-state index contributed by atoms with van der Waals surface area (Å²) < 4.78 is 5.45. The summed E-state index contributed by atoms with van der Waals surface area (Å²) >= 11 is 1.65. The molecule has 22 heavy (non-hydrogen) atoms. The number of hydrogen-bond donors (Lipinski definition) is 0. The molecule has 1 fully saturated rings. The van der Waals surface area contributed by atoms with Gasteiger partial charge in [0.15, 0.2) is 0 Å². The number of thiophene rings is 1. The number of hydrogen-bond acceptors (Lipinski definition) is 8. The highest BCUT2D eigenvalue weighted by atomic mass is 32.1. The van der Waals surface area contributed by atoms with E-state index in [-0.39, 0.29) is 0 Å². The zero-order valence-electron chi connectivity index (χ0n) is 12.3. The third kappa shape index (κ3) is 2.55. The largest absolute Gasteiger partial charge is 0.424 e. The van der Waals surface area contributed by atoms with Crippen LogP contribution in [0.15, 0.2) is 22.2 Å². The molecular formula is C14H16N6OS. The molecule has 0 bridgehead atoms. The van der Waals surface area contributed by atoms with E-state index in [0.29, 0.717) is 18.3 Å². The lowest BCUT2D eigenvalue weighted by Crippen LogP contribution is -2.46. The fourth-order valence-corrected chi connectivity index (χ4v) is 3.47. The molecule has 3 aromatic heterocycles. The van der Waals surface area contributed by atoms with E-state index in [0.717, 1.165) is 42.2 Å². The van der Waals surface area contributed by atoms with Crippen molar-refractivity contribution in [1.82, 2.24) is 25.1 Å². The van der Waals surface area contributed by atoms with Crippen molar-refractivity contribution in [2.45, 2.75) is 13.5 Å². The minimum atomic E-state index is 0.620. The number of fused-ring (bicyclic) bond motifs is 1. The van der Waals surface area contributed by atoms with E-state index in [1.807, 2.05) is 6.92 Å². The molecule has 0 unspecified atom stereocenters. The third-order valence-electron chi connectivity index (χ3n) is 3.84. The molecule has 0 saturated carbocycles. The number of nitrogens with zero attached hydrogens (tertiary/aromatic N) is 6. The highest BCUT2D eigenvalue weighted by Crippen LogP contribution is 2.27. The zero-order valence-corrected chi connectivity index (χ0v) is 13.1. The predicted octanol–water partition coefficient (Wildman–Crippen LogP) is 1.70. The third-order valence-corrected chi connectivity index (χ3v) is 4.66. The Morgan fingerprint density at radius 2 is 2.05 bits per heavy atom. The second kappa shape index (κ2) is 5.62. The van der Waals surface area contributed by atoms with E-state index >= 15 is 0 Å². The molecule has 0 radical (unpaired) electrons. The second-order valence-electron chi connectivity index (χ2n) is 5.31. The molecule has 0 N–H and O–H groups in total. The van der Waals surface area contributed by atoms with E-state index < -0.39 is 0 Å². The molecule has 1 aliphatic heterocycles. The first-order chi connectivity index (χ1) is 10.8. The maximum absolute atomic E-state index is 5.45. The number of piperazine rings is 1. The molecule has 8 heteroatoms. The molecule has 4 rings (SSSR count). The molecule has 114 valence electrons. The summed E-state index contributed by atoms with van der Waals surface area (Å²) in [5.41, 5.74) is 0. The number of aryl methyl sites for hydroxylation is 1. The zero-order chi connectivity index (χ0) is 14.9. The summed E-state index contributed by atoms with van der Waals surface area (Å²) in [7, 11) is 0. The van der Waals surface area contributed by atoms with E-state index in [1.54, 1.807) is 17.7 Å². The maximum Gasteiger partial charge on any atom is 0.230 e. The summed E-state index contributed by atoms with van der Waals surface area (Å²) in [5.74, 6) is 2.35. The molecule has 0 aliphatic carbocycles. The van der Waals surface area contributed by atoms with Crippen LogP contribution in [-0.2, 0) is 6.54 Å². The Bertz CT molecular complexity index is 776. The van der Waals surface area contributed by atoms with Crippen LogP contribution < -0.4 is 4.90 Å². The van der Waals surface area contributed by atoms with Crippen LogP contribution in [0.3, 0.4) is 0 Å². The van der Waals surface area contributed by atoms with Gasteiger partial charge in [0.2, 0.25) is 11.8 Å². The lowest BCUT2D eigenvalue weighted by molar-refractivity contribution is 0.224. The van der Waals surface area contributed by atoms with Gasteiger partial charge in [-0.15, -0.1) is 21.5 Å². The van der Waals surface area contributed by atoms with Gasteiger partial charge >= 0.3 is 0 Å². The van der Waals surface area contributed by atoms with Crippen LogP contribution in [0.5, 0.6) is 0 Å². The van der Waals surface area contributed by atoms with Crippen LogP contribution >= 0.6 is 11.3 Å². The number of aromatic nitrogens is 4. The van der Waals surface area contributed by atoms with Crippen LogP contribution in [0.25, 0.3) is 10.2 Å². The number of anilines is 1. The van der Waals surface area contributed by atoms with Gasteiger partial charge < -0.3 is 9.32 Å². The van der Waals surface area contributed by atoms with Crippen molar-refractivity contribution in [3.8, 4) is 0 Å². The summed E-state index contributed by atoms with van der Waals surface area (Å²) in [5, 5.41) is 11.1. The highest BCUT2D eigenvalue weighted by Gasteiger charge is 2.21. The Kier molecular flexibility index (Phi) is 3.47. The Morgan fingerprint density at radius 3 is 2.82 bits per heavy atom. The van der Waals surface area contributed by atoms with Crippen molar-refractivity contribution < 1.29 is 4.42 Å². The van der Waals surface area contributed by atoms with E-state index in [2.05, 4.69) is 41.4 Å². The van der Waals surface area contributed by atoms with Gasteiger partial charge in [-0.3, -0.25) is 4.90 Å². The van der Waals surface area contributed by atoms with E-state index in [1.165, 1.54) is 0 Å². The average molecular weight is 316 g/mol. The SMILES string of the molecule is Cc1nnc(CN2CCN(c3ncnc4sccc34)CC2)o1. The van der Waals surface area contributed by atoms with Gasteiger partial charge in [0, 0.05) is 33.1 Å². The highest BCUT2D eigenvalue weighted by molar-refractivity contribution is 7.16. The second-order valence-corrected chi connectivity index (χ2v) is 6.21. The van der Waals surface area contributed by atoms with E-state index in [9.17, 15) is 0 Å². The molecule has 1 saturated heterocycles. The summed E-state index contributed by atoms with van der Waals surface area (Å²) in [4.78, 5) is 14.5. The monoisotopic (exact) mass is 316 g/mol. The summed E-state index contributed by atoms with van der Waals surface area (Å²) in [6.45, 7) is 6.32. The predicted molar refractivity (Wildman–Crippen MR) is 83.9 cm³/mol. The van der Waals surface area contributed by atoms with Gasteiger partial charge in [-0.1, -0.05) is 0 Å². The van der Waals surface area contributed by atoms with Crippen molar-refractivity contribution in [1.29, 1.82) is 0 Å². The fourth-order valence-electron chi connectivity index (χ4n) is 2.74. The van der Waals surface area contributed by atoms with Crippen molar-refractivity contribution in [2.75, 3.05) is 31.1 Å². The van der Waals surface area contributed by atoms with Crippen LogP contribution in [0, 0.1) is 6.92 Å². The molecule has 7 nitrogen and oxygen atoms in total. The first kappa shape index (κ1) is 13.6. The van der Waals surface area contributed by atoms with Crippen molar-refractivity contribution in [3.05, 3.63) is 29.6 Å². The van der Waals surface area contributed by atoms with Gasteiger partial charge in [0.05, 0.1) is 11.9 Å². The average Bonchev–Trinajstić information content (AvgIpc) is 3.16. The standard InChI is InChI=1S/C14H16N6OS/c1-10-17-18-12(21-10)8-19-3-5-20(6-4-19)13-11-2-7-22-14(11)16-9-15-13/h2,7,9H,3-6,8H2,1H3. The van der Waals surface area contributed by atoms with Crippen molar-refractivity contribution in [2.24, 2.45) is 0 Å². The molecular weight excluding hydrogens is 300 g/mol. The molecule has 4 heterocycles. The first-order valence-corrected chi connectivity index (χ1v) is 8.12.